The van der Waals surface area contributed by atoms with Crippen LogP contribution in [0.4, 0.5) is 10.5 Å². The third-order valence-corrected chi connectivity index (χ3v) is 6.53. The van der Waals surface area contributed by atoms with Crippen molar-refractivity contribution in [3.05, 3.63) is 106 Å². The predicted octanol–water partition coefficient (Wildman–Crippen LogP) is 6.43. The Morgan fingerprint density at radius 2 is 1.74 bits per heavy atom. The molecule has 0 saturated carbocycles. The quantitative estimate of drug-likeness (QED) is 0.311. The minimum atomic E-state index is -0.785. The second-order valence-electron chi connectivity index (χ2n) is 8.80. The molecular formula is C30H30ClN3O4. The van der Waals surface area contributed by atoms with Gasteiger partial charge in [-0.3, -0.25) is 9.69 Å². The van der Waals surface area contributed by atoms with Gasteiger partial charge in [0, 0.05) is 12.2 Å². The molecular weight excluding hydrogens is 502 g/mol. The summed E-state index contributed by atoms with van der Waals surface area (Å²) < 4.78 is 5.48. The molecule has 1 aliphatic rings. The molecule has 0 bridgehead atoms. The van der Waals surface area contributed by atoms with Crippen molar-refractivity contribution in [2.45, 2.75) is 32.7 Å². The smallest absolute Gasteiger partial charge is 0.338 e. The molecule has 38 heavy (non-hydrogen) atoms. The van der Waals surface area contributed by atoms with Crippen LogP contribution in [0.2, 0.25) is 5.02 Å². The van der Waals surface area contributed by atoms with Crippen molar-refractivity contribution >= 4 is 40.9 Å². The number of hydrogen-bond donors (Lipinski definition) is 2. The van der Waals surface area contributed by atoms with E-state index in [4.69, 9.17) is 16.3 Å². The van der Waals surface area contributed by atoms with Crippen LogP contribution in [0.15, 0.2) is 84.4 Å². The maximum Gasteiger partial charge on any atom is 0.338 e. The second-order valence-corrected chi connectivity index (χ2v) is 9.20. The Morgan fingerprint density at radius 3 is 2.45 bits per heavy atom. The van der Waals surface area contributed by atoms with E-state index in [1.54, 1.807) is 60.4 Å². The molecule has 8 heteroatoms. The molecule has 0 saturated heterocycles. The van der Waals surface area contributed by atoms with E-state index in [1.807, 2.05) is 37.3 Å². The lowest BCUT2D eigenvalue weighted by Gasteiger charge is -2.37. The summed E-state index contributed by atoms with van der Waals surface area (Å²) in [6.07, 6.45) is 1.66. The molecule has 3 aromatic rings. The van der Waals surface area contributed by atoms with E-state index in [0.717, 1.165) is 18.4 Å². The largest absolute Gasteiger partial charge is 0.463 e. The van der Waals surface area contributed by atoms with Gasteiger partial charge in [0.2, 0.25) is 0 Å². The average molecular weight is 532 g/mol. The summed E-state index contributed by atoms with van der Waals surface area (Å²) in [5, 5.41) is 6.20. The zero-order chi connectivity index (χ0) is 27.1. The van der Waals surface area contributed by atoms with Gasteiger partial charge < -0.3 is 15.4 Å². The van der Waals surface area contributed by atoms with E-state index in [0.29, 0.717) is 39.7 Å². The number of urea groups is 1. The minimum Gasteiger partial charge on any atom is -0.463 e. The second kappa shape index (κ2) is 12.4. The number of hydrogen-bond acceptors (Lipinski definition) is 4. The highest BCUT2D eigenvalue weighted by atomic mass is 35.5. The first kappa shape index (κ1) is 26.9. The van der Waals surface area contributed by atoms with E-state index < -0.39 is 12.0 Å². The highest BCUT2D eigenvalue weighted by Gasteiger charge is 2.38. The van der Waals surface area contributed by atoms with Gasteiger partial charge in [-0.2, -0.15) is 0 Å². The molecule has 3 amide bonds. The lowest BCUT2D eigenvalue weighted by molar-refractivity contribution is -0.138. The van der Waals surface area contributed by atoms with Crippen LogP contribution in [0, 0.1) is 0 Å². The minimum absolute atomic E-state index is 0.188. The zero-order valence-electron chi connectivity index (χ0n) is 21.4. The Hall–Kier alpha value is -4.10. The number of nitrogens with one attached hydrogen (secondary N) is 2. The van der Waals surface area contributed by atoms with Crippen molar-refractivity contribution in [2.75, 3.05) is 18.5 Å². The molecule has 1 aliphatic heterocycles. The van der Waals surface area contributed by atoms with Gasteiger partial charge in [-0.1, -0.05) is 79.5 Å². The Labute approximate surface area is 227 Å². The third-order valence-electron chi connectivity index (χ3n) is 6.20. The first-order chi connectivity index (χ1) is 18.4. The van der Waals surface area contributed by atoms with E-state index >= 15 is 0 Å². The number of carbonyl (C=O) groups is 3. The van der Waals surface area contributed by atoms with Crippen molar-refractivity contribution in [1.82, 2.24) is 10.2 Å². The SMILES string of the molecule is CCCCN1C(=O)N[C@H](c2cccc(NC(=O)c3ccccc3Cl)c2)C(C(=O)OCC)=C1c1ccccc1. The van der Waals surface area contributed by atoms with Gasteiger partial charge in [-0.15, -0.1) is 0 Å². The molecule has 0 radical (unpaired) electrons. The normalized spacial score (nSPS) is 15.2. The van der Waals surface area contributed by atoms with Crippen LogP contribution in [0.1, 0.15) is 54.2 Å². The van der Waals surface area contributed by atoms with Gasteiger partial charge in [-0.05, 0) is 48.7 Å². The van der Waals surface area contributed by atoms with Crippen LogP contribution in [0.3, 0.4) is 0 Å². The van der Waals surface area contributed by atoms with Crippen molar-refractivity contribution in [3.8, 4) is 0 Å². The van der Waals surface area contributed by atoms with Crippen molar-refractivity contribution in [1.29, 1.82) is 0 Å². The molecule has 196 valence electrons. The zero-order valence-corrected chi connectivity index (χ0v) is 22.1. The Morgan fingerprint density at radius 1 is 1.00 bits per heavy atom. The molecule has 0 aliphatic carbocycles. The number of amides is 3. The van der Waals surface area contributed by atoms with Gasteiger partial charge in [-0.25, -0.2) is 9.59 Å². The van der Waals surface area contributed by atoms with Gasteiger partial charge in [0.05, 0.1) is 34.5 Å². The van der Waals surface area contributed by atoms with Crippen LogP contribution in [-0.2, 0) is 9.53 Å². The number of benzene rings is 3. The average Bonchev–Trinajstić information content (AvgIpc) is 2.92. The number of nitrogens with zero attached hydrogens (tertiary/aromatic N) is 1. The highest BCUT2D eigenvalue weighted by molar-refractivity contribution is 6.34. The Bertz CT molecular complexity index is 1360. The molecule has 3 aromatic carbocycles. The Balaban J connectivity index is 1.79. The molecule has 1 atom stereocenters. The van der Waals surface area contributed by atoms with Crippen molar-refractivity contribution < 1.29 is 19.1 Å². The highest BCUT2D eigenvalue weighted by Crippen LogP contribution is 2.37. The lowest BCUT2D eigenvalue weighted by Crippen LogP contribution is -2.48. The number of unbranched alkanes of at least 4 members (excludes halogenated alkanes) is 1. The molecule has 0 fully saturated rings. The molecule has 0 unspecified atom stereocenters. The maximum atomic E-state index is 13.4. The van der Waals surface area contributed by atoms with Gasteiger partial charge in [0.25, 0.3) is 5.91 Å². The summed E-state index contributed by atoms with van der Waals surface area (Å²) in [7, 11) is 0. The summed E-state index contributed by atoms with van der Waals surface area (Å²) in [6.45, 7) is 4.44. The van der Waals surface area contributed by atoms with E-state index in [2.05, 4.69) is 10.6 Å². The molecule has 7 nitrogen and oxygen atoms in total. The van der Waals surface area contributed by atoms with Gasteiger partial charge in [0.15, 0.2) is 0 Å². The fraction of sp³-hybridized carbons (Fsp3) is 0.233. The van der Waals surface area contributed by atoms with Crippen LogP contribution >= 0.6 is 11.6 Å². The van der Waals surface area contributed by atoms with Crippen LogP contribution in [0.25, 0.3) is 5.70 Å². The summed E-state index contributed by atoms with van der Waals surface area (Å²) in [5.74, 6) is -0.874. The van der Waals surface area contributed by atoms with Crippen molar-refractivity contribution in [3.63, 3.8) is 0 Å². The number of esters is 1. The molecule has 2 N–H and O–H groups in total. The lowest BCUT2D eigenvalue weighted by atomic mass is 9.91. The molecule has 0 spiro atoms. The van der Waals surface area contributed by atoms with E-state index in [-0.39, 0.29) is 18.5 Å². The van der Waals surface area contributed by atoms with Gasteiger partial charge >= 0.3 is 12.0 Å². The first-order valence-corrected chi connectivity index (χ1v) is 13.0. The third kappa shape index (κ3) is 5.89. The summed E-state index contributed by atoms with van der Waals surface area (Å²) in [5.41, 5.74) is 3.08. The van der Waals surface area contributed by atoms with Crippen LogP contribution in [0.5, 0.6) is 0 Å². The monoisotopic (exact) mass is 531 g/mol. The number of anilines is 1. The number of carbonyl (C=O) groups excluding carboxylic acids is 3. The molecule has 0 aromatic heterocycles. The summed E-state index contributed by atoms with van der Waals surface area (Å²) in [4.78, 5) is 41.3. The fourth-order valence-corrected chi connectivity index (χ4v) is 4.63. The van der Waals surface area contributed by atoms with E-state index in [9.17, 15) is 14.4 Å². The number of rotatable bonds is 9. The first-order valence-electron chi connectivity index (χ1n) is 12.6. The van der Waals surface area contributed by atoms with E-state index in [1.165, 1.54) is 0 Å². The fourth-order valence-electron chi connectivity index (χ4n) is 4.41. The summed E-state index contributed by atoms with van der Waals surface area (Å²) in [6, 6.07) is 22.1. The van der Waals surface area contributed by atoms with Gasteiger partial charge in [0.1, 0.15) is 0 Å². The van der Waals surface area contributed by atoms with Crippen LogP contribution in [-0.4, -0.2) is 36.0 Å². The van der Waals surface area contributed by atoms with Crippen molar-refractivity contribution in [2.24, 2.45) is 0 Å². The predicted molar refractivity (Wildman–Crippen MR) is 149 cm³/mol. The number of ether oxygens (including phenoxy) is 1. The topological polar surface area (TPSA) is 87.7 Å². The Kier molecular flexibility index (Phi) is 8.81. The summed E-state index contributed by atoms with van der Waals surface area (Å²) >= 11 is 6.19. The van der Waals surface area contributed by atoms with Crippen LogP contribution < -0.4 is 10.6 Å². The standard InChI is InChI=1S/C30H30ClN3O4/c1-3-5-18-34-27(20-12-7-6-8-13-20)25(29(36)38-4-2)26(33-30(34)37)21-14-11-15-22(19-21)32-28(35)23-16-9-10-17-24(23)31/h6-17,19,26H,3-5,18H2,1-2H3,(H,32,35)(H,33,37)/t26-/m1/s1. The maximum absolute atomic E-state index is 13.4. The molecule has 1 heterocycles. The number of halogens is 1. The molecule has 4 rings (SSSR count).